The largest absolute Gasteiger partial charge is 0.493 e. The van der Waals surface area contributed by atoms with Gasteiger partial charge in [-0.15, -0.1) is 0 Å². The van der Waals surface area contributed by atoms with Crippen molar-refractivity contribution in [2.75, 3.05) is 19.7 Å². The molecule has 0 aliphatic heterocycles. The zero-order valence-electron chi connectivity index (χ0n) is 14.4. The Kier molecular flexibility index (Phi) is 6.32. The Hall–Kier alpha value is -2.49. The van der Waals surface area contributed by atoms with E-state index in [1.165, 1.54) is 16.7 Å². The van der Waals surface area contributed by atoms with Crippen LogP contribution in [0.3, 0.4) is 0 Å². The molecule has 2 aromatic carbocycles. The molecule has 1 atom stereocenters. The summed E-state index contributed by atoms with van der Waals surface area (Å²) in [5.74, 6) is 0.858. The molecule has 0 heterocycles. The van der Waals surface area contributed by atoms with Gasteiger partial charge in [-0.05, 0) is 66.6 Å². The number of rotatable bonds is 9. The standard InChI is InChI=1S/C20H24N4O/c21-24-23-13-14-25-18-9-10-19-17(15-18)8-11-20(19)22-12-4-7-16-5-2-1-3-6-16/h1-3,5-6,9-10,15,20,22H,4,7-8,11-14H2. The third-order valence-electron chi connectivity index (χ3n) is 4.59. The lowest BCUT2D eigenvalue weighted by atomic mass is 10.1. The van der Waals surface area contributed by atoms with Crippen LogP contribution in [-0.4, -0.2) is 19.7 Å². The van der Waals surface area contributed by atoms with E-state index in [4.69, 9.17) is 10.3 Å². The predicted octanol–water partition coefficient (Wildman–Crippen LogP) is 4.59. The van der Waals surface area contributed by atoms with Gasteiger partial charge in [0.15, 0.2) is 0 Å². The summed E-state index contributed by atoms with van der Waals surface area (Å²) in [6, 6.07) is 17.4. The number of fused-ring (bicyclic) bond motifs is 1. The molecular weight excluding hydrogens is 312 g/mol. The topological polar surface area (TPSA) is 70.0 Å². The smallest absolute Gasteiger partial charge is 0.119 e. The van der Waals surface area contributed by atoms with Crippen molar-refractivity contribution in [3.63, 3.8) is 0 Å². The molecule has 0 saturated heterocycles. The maximum Gasteiger partial charge on any atom is 0.119 e. The Bertz CT molecular complexity index is 726. The number of ether oxygens (including phenoxy) is 1. The third kappa shape index (κ3) is 4.99. The molecule has 25 heavy (non-hydrogen) atoms. The first-order valence-corrected chi connectivity index (χ1v) is 8.90. The van der Waals surface area contributed by atoms with Crippen LogP contribution in [0.2, 0.25) is 0 Å². The van der Waals surface area contributed by atoms with Crippen LogP contribution in [0.5, 0.6) is 5.75 Å². The normalized spacial score (nSPS) is 15.4. The number of hydrogen-bond acceptors (Lipinski definition) is 3. The van der Waals surface area contributed by atoms with E-state index in [0.29, 0.717) is 19.2 Å². The first kappa shape index (κ1) is 17.3. The Morgan fingerprint density at radius 2 is 2.08 bits per heavy atom. The molecule has 5 nitrogen and oxygen atoms in total. The molecule has 1 unspecified atom stereocenters. The van der Waals surface area contributed by atoms with Gasteiger partial charge in [0.2, 0.25) is 0 Å². The van der Waals surface area contributed by atoms with Gasteiger partial charge in [-0.1, -0.05) is 41.5 Å². The Morgan fingerprint density at radius 1 is 1.20 bits per heavy atom. The van der Waals surface area contributed by atoms with E-state index in [2.05, 4.69) is 57.8 Å². The van der Waals surface area contributed by atoms with E-state index in [9.17, 15) is 0 Å². The van der Waals surface area contributed by atoms with Crippen molar-refractivity contribution in [3.8, 4) is 5.75 Å². The van der Waals surface area contributed by atoms with Crippen molar-refractivity contribution in [2.24, 2.45) is 5.11 Å². The number of nitrogens with zero attached hydrogens (tertiary/aromatic N) is 3. The monoisotopic (exact) mass is 336 g/mol. The van der Waals surface area contributed by atoms with Gasteiger partial charge < -0.3 is 10.1 Å². The summed E-state index contributed by atoms with van der Waals surface area (Å²) in [5, 5.41) is 7.17. The summed E-state index contributed by atoms with van der Waals surface area (Å²) in [6.07, 6.45) is 4.49. The summed E-state index contributed by atoms with van der Waals surface area (Å²) >= 11 is 0. The molecule has 0 radical (unpaired) electrons. The second-order valence-corrected chi connectivity index (χ2v) is 6.30. The number of aryl methyl sites for hydroxylation is 2. The first-order chi connectivity index (χ1) is 12.4. The zero-order chi connectivity index (χ0) is 17.3. The second kappa shape index (κ2) is 9.11. The second-order valence-electron chi connectivity index (χ2n) is 6.30. The molecule has 130 valence electrons. The molecule has 1 N–H and O–H groups in total. The highest BCUT2D eigenvalue weighted by Crippen LogP contribution is 2.33. The summed E-state index contributed by atoms with van der Waals surface area (Å²) in [6.45, 7) is 1.81. The van der Waals surface area contributed by atoms with Crippen LogP contribution in [0.15, 0.2) is 53.6 Å². The van der Waals surface area contributed by atoms with Crippen LogP contribution in [0, 0.1) is 0 Å². The fraction of sp³-hybridized carbons (Fsp3) is 0.400. The van der Waals surface area contributed by atoms with Crippen LogP contribution in [0.4, 0.5) is 0 Å². The van der Waals surface area contributed by atoms with Crippen molar-refractivity contribution < 1.29 is 4.74 Å². The van der Waals surface area contributed by atoms with E-state index < -0.39 is 0 Å². The van der Waals surface area contributed by atoms with Gasteiger partial charge in [0.05, 0.1) is 13.2 Å². The van der Waals surface area contributed by atoms with Crippen molar-refractivity contribution >= 4 is 0 Å². The fourth-order valence-electron chi connectivity index (χ4n) is 3.36. The summed E-state index contributed by atoms with van der Waals surface area (Å²) in [5.41, 5.74) is 12.4. The SMILES string of the molecule is [N-]=[N+]=NCCOc1ccc2c(c1)CCC2NCCCc1ccccc1. The molecule has 1 aliphatic carbocycles. The Labute approximate surface area is 148 Å². The lowest BCUT2D eigenvalue weighted by Gasteiger charge is -2.14. The minimum Gasteiger partial charge on any atom is -0.493 e. The van der Waals surface area contributed by atoms with Gasteiger partial charge in [-0.3, -0.25) is 0 Å². The fourth-order valence-corrected chi connectivity index (χ4v) is 3.36. The zero-order valence-corrected chi connectivity index (χ0v) is 14.4. The van der Waals surface area contributed by atoms with Crippen molar-refractivity contribution in [1.29, 1.82) is 0 Å². The number of azide groups is 1. The third-order valence-corrected chi connectivity index (χ3v) is 4.59. The van der Waals surface area contributed by atoms with Gasteiger partial charge >= 0.3 is 0 Å². The van der Waals surface area contributed by atoms with Crippen molar-refractivity contribution in [3.05, 3.63) is 75.7 Å². The van der Waals surface area contributed by atoms with Crippen LogP contribution >= 0.6 is 0 Å². The van der Waals surface area contributed by atoms with Gasteiger partial charge in [0, 0.05) is 11.0 Å². The van der Waals surface area contributed by atoms with E-state index >= 15 is 0 Å². The molecule has 2 aromatic rings. The predicted molar refractivity (Wildman–Crippen MR) is 99.8 cm³/mol. The average Bonchev–Trinajstić information content (AvgIpc) is 3.06. The van der Waals surface area contributed by atoms with Crippen molar-refractivity contribution in [2.45, 2.75) is 31.7 Å². The van der Waals surface area contributed by atoms with E-state index in [0.717, 1.165) is 38.0 Å². The van der Waals surface area contributed by atoms with Gasteiger partial charge in [-0.2, -0.15) is 0 Å². The quantitative estimate of drug-likeness (QED) is 0.315. The molecule has 0 bridgehead atoms. The molecule has 0 fully saturated rings. The number of benzene rings is 2. The molecular formula is C20H24N4O. The molecule has 0 saturated carbocycles. The van der Waals surface area contributed by atoms with Crippen LogP contribution in [0.1, 0.15) is 35.6 Å². The molecule has 0 amide bonds. The van der Waals surface area contributed by atoms with Gasteiger partial charge in [0.1, 0.15) is 5.75 Å². The Balaban J connectivity index is 1.46. The Morgan fingerprint density at radius 3 is 2.92 bits per heavy atom. The van der Waals surface area contributed by atoms with Crippen LogP contribution in [-0.2, 0) is 12.8 Å². The minimum atomic E-state index is 0.360. The first-order valence-electron chi connectivity index (χ1n) is 8.90. The minimum absolute atomic E-state index is 0.360. The highest BCUT2D eigenvalue weighted by atomic mass is 16.5. The van der Waals surface area contributed by atoms with Gasteiger partial charge in [0.25, 0.3) is 0 Å². The summed E-state index contributed by atoms with van der Waals surface area (Å²) in [4.78, 5) is 2.73. The molecule has 3 rings (SSSR count). The highest BCUT2D eigenvalue weighted by Gasteiger charge is 2.22. The summed E-state index contributed by atoms with van der Waals surface area (Å²) < 4.78 is 5.63. The van der Waals surface area contributed by atoms with Crippen LogP contribution < -0.4 is 10.1 Å². The van der Waals surface area contributed by atoms with Gasteiger partial charge in [-0.25, -0.2) is 0 Å². The molecule has 0 spiro atoms. The van der Waals surface area contributed by atoms with E-state index in [1.807, 2.05) is 6.07 Å². The average molecular weight is 336 g/mol. The molecule has 0 aromatic heterocycles. The maximum atomic E-state index is 8.27. The lowest BCUT2D eigenvalue weighted by molar-refractivity contribution is 0.328. The summed E-state index contributed by atoms with van der Waals surface area (Å²) in [7, 11) is 0. The highest BCUT2D eigenvalue weighted by molar-refractivity contribution is 5.40. The maximum absolute atomic E-state index is 8.27. The van der Waals surface area contributed by atoms with E-state index in [1.54, 1.807) is 0 Å². The number of nitrogens with one attached hydrogen (secondary N) is 1. The number of hydrogen-bond donors (Lipinski definition) is 1. The lowest BCUT2D eigenvalue weighted by Crippen LogP contribution is -2.20. The van der Waals surface area contributed by atoms with E-state index in [-0.39, 0.29) is 0 Å². The van der Waals surface area contributed by atoms with Crippen molar-refractivity contribution in [1.82, 2.24) is 5.32 Å². The molecule has 5 heteroatoms. The van der Waals surface area contributed by atoms with Crippen LogP contribution in [0.25, 0.3) is 10.4 Å². The molecule has 1 aliphatic rings.